The van der Waals surface area contributed by atoms with Crippen LogP contribution in [0.2, 0.25) is 0 Å². The van der Waals surface area contributed by atoms with Gasteiger partial charge in [0.1, 0.15) is 6.61 Å². The average molecular weight is 253 g/mol. The molecule has 0 atom stereocenters. The zero-order valence-corrected chi connectivity index (χ0v) is 9.82. The van der Waals surface area contributed by atoms with Crippen molar-refractivity contribution in [3.05, 3.63) is 30.0 Å². The lowest BCUT2D eigenvalue weighted by Gasteiger charge is -2.15. The van der Waals surface area contributed by atoms with Crippen molar-refractivity contribution in [3.63, 3.8) is 0 Å². The number of hydrogen-bond donors (Lipinski definition) is 2. The number of aliphatic hydroxyl groups is 1. The van der Waals surface area contributed by atoms with Crippen molar-refractivity contribution in [2.75, 3.05) is 18.5 Å². The van der Waals surface area contributed by atoms with E-state index < -0.39 is 19.1 Å². The van der Waals surface area contributed by atoms with Crippen molar-refractivity contribution < 1.29 is 13.9 Å². The van der Waals surface area contributed by atoms with Crippen LogP contribution in [0.1, 0.15) is 5.69 Å². The minimum absolute atomic E-state index is 0.296. The molecule has 0 aliphatic rings. The number of alkyl halides is 2. The quantitative estimate of drug-likeness (QED) is 0.874. The standard InChI is InChI=1S/C12H13F2N3O/c1-8-9-4-2-3-5-10(9)11(17-16-8)15-6-12(13,14)7-18/h2-5,18H,6-7H2,1H3,(H,15,17). The molecule has 1 aromatic heterocycles. The molecule has 96 valence electrons. The minimum atomic E-state index is -3.17. The number of halogens is 2. The van der Waals surface area contributed by atoms with Crippen LogP contribution in [-0.4, -0.2) is 34.4 Å². The molecule has 2 N–H and O–H groups in total. The summed E-state index contributed by atoms with van der Waals surface area (Å²) in [5, 5.41) is 20.4. The van der Waals surface area contributed by atoms with Crippen LogP contribution in [0.5, 0.6) is 0 Å². The normalized spacial score (nSPS) is 11.8. The summed E-state index contributed by atoms with van der Waals surface area (Å²) in [5.41, 5.74) is 0.741. The second-order valence-corrected chi connectivity index (χ2v) is 4.05. The fraction of sp³-hybridized carbons (Fsp3) is 0.333. The first-order valence-corrected chi connectivity index (χ1v) is 5.48. The van der Waals surface area contributed by atoms with Crippen LogP contribution in [0, 0.1) is 6.92 Å². The molecule has 0 aliphatic heterocycles. The van der Waals surface area contributed by atoms with Crippen molar-refractivity contribution in [2.45, 2.75) is 12.8 Å². The van der Waals surface area contributed by atoms with Crippen LogP contribution in [0.4, 0.5) is 14.6 Å². The Morgan fingerprint density at radius 2 is 1.89 bits per heavy atom. The predicted molar refractivity (Wildman–Crippen MR) is 64.8 cm³/mol. The monoisotopic (exact) mass is 253 g/mol. The molecule has 2 aromatic rings. The molecule has 1 heterocycles. The molecule has 0 saturated carbocycles. The third-order valence-electron chi connectivity index (χ3n) is 2.62. The number of fused-ring (bicyclic) bond motifs is 1. The number of anilines is 1. The van der Waals surface area contributed by atoms with E-state index in [9.17, 15) is 8.78 Å². The molecule has 0 aliphatic carbocycles. The number of aryl methyl sites for hydroxylation is 1. The number of hydrogen-bond acceptors (Lipinski definition) is 4. The van der Waals surface area contributed by atoms with Gasteiger partial charge in [0.25, 0.3) is 5.92 Å². The number of nitrogens with one attached hydrogen (secondary N) is 1. The first-order valence-electron chi connectivity index (χ1n) is 5.48. The fourth-order valence-corrected chi connectivity index (χ4v) is 1.64. The second kappa shape index (κ2) is 4.81. The Morgan fingerprint density at radius 3 is 2.56 bits per heavy atom. The maximum absolute atomic E-state index is 13.0. The molecule has 0 unspecified atom stereocenters. The summed E-state index contributed by atoms with van der Waals surface area (Å²) < 4.78 is 25.9. The molecule has 0 radical (unpaired) electrons. The van der Waals surface area contributed by atoms with Crippen molar-refractivity contribution in [2.24, 2.45) is 0 Å². The number of rotatable bonds is 4. The zero-order valence-electron chi connectivity index (χ0n) is 9.82. The molecule has 1 aromatic carbocycles. The summed E-state index contributed by atoms with van der Waals surface area (Å²) in [6, 6.07) is 7.30. The van der Waals surface area contributed by atoms with Crippen LogP contribution < -0.4 is 5.32 Å². The highest BCUT2D eigenvalue weighted by atomic mass is 19.3. The van der Waals surface area contributed by atoms with Gasteiger partial charge >= 0.3 is 0 Å². The summed E-state index contributed by atoms with van der Waals surface area (Å²) in [4.78, 5) is 0. The highest BCUT2D eigenvalue weighted by molar-refractivity contribution is 5.92. The summed E-state index contributed by atoms with van der Waals surface area (Å²) in [6.07, 6.45) is 0. The molecular formula is C12H13F2N3O. The van der Waals surface area contributed by atoms with E-state index in [1.807, 2.05) is 12.1 Å². The fourth-order valence-electron chi connectivity index (χ4n) is 1.64. The maximum Gasteiger partial charge on any atom is 0.287 e. The Balaban J connectivity index is 2.32. The molecule has 2 rings (SSSR count). The van der Waals surface area contributed by atoms with Gasteiger partial charge in [0, 0.05) is 10.8 Å². The molecule has 0 saturated heterocycles. The number of benzene rings is 1. The lowest BCUT2D eigenvalue weighted by atomic mass is 10.1. The number of aliphatic hydroxyl groups excluding tert-OH is 1. The van der Waals surface area contributed by atoms with E-state index in [0.29, 0.717) is 5.82 Å². The van der Waals surface area contributed by atoms with Crippen LogP contribution in [-0.2, 0) is 0 Å². The van der Waals surface area contributed by atoms with Crippen molar-refractivity contribution >= 4 is 16.6 Å². The van der Waals surface area contributed by atoms with E-state index in [0.717, 1.165) is 16.5 Å². The van der Waals surface area contributed by atoms with E-state index >= 15 is 0 Å². The van der Waals surface area contributed by atoms with Gasteiger partial charge in [-0.05, 0) is 6.92 Å². The molecule has 6 heteroatoms. The van der Waals surface area contributed by atoms with E-state index in [-0.39, 0.29) is 0 Å². The molecular weight excluding hydrogens is 240 g/mol. The summed E-state index contributed by atoms with van der Waals surface area (Å²) >= 11 is 0. The predicted octanol–water partition coefficient (Wildman–Crippen LogP) is 1.98. The summed E-state index contributed by atoms with van der Waals surface area (Å²) in [5.74, 6) is -2.88. The largest absolute Gasteiger partial charge is 0.390 e. The number of nitrogens with zero attached hydrogens (tertiary/aromatic N) is 2. The Bertz CT molecular complexity index is 560. The van der Waals surface area contributed by atoms with Gasteiger partial charge in [0.2, 0.25) is 0 Å². The van der Waals surface area contributed by atoms with Gasteiger partial charge in [-0.1, -0.05) is 24.3 Å². The van der Waals surface area contributed by atoms with Gasteiger partial charge in [-0.25, -0.2) is 8.78 Å². The topological polar surface area (TPSA) is 58.0 Å². The lowest BCUT2D eigenvalue weighted by Crippen LogP contribution is -2.31. The first kappa shape index (κ1) is 12.6. The van der Waals surface area contributed by atoms with Crippen molar-refractivity contribution in [3.8, 4) is 0 Å². The number of aromatic nitrogens is 2. The molecule has 0 spiro atoms. The van der Waals surface area contributed by atoms with Gasteiger partial charge in [-0.2, -0.15) is 5.10 Å². The molecule has 0 fully saturated rings. The zero-order chi connectivity index (χ0) is 13.2. The SMILES string of the molecule is Cc1nnc(NCC(F)(F)CO)c2ccccc12. The first-order chi connectivity index (χ1) is 8.53. The summed E-state index contributed by atoms with van der Waals surface area (Å²) in [6.45, 7) is -0.0656. The maximum atomic E-state index is 13.0. The average Bonchev–Trinajstić information content (AvgIpc) is 2.38. The second-order valence-electron chi connectivity index (χ2n) is 4.05. The van der Waals surface area contributed by atoms with Crippen LogP contribution >= 0.6 is 0 Å². The van der Waals surface area contributed by atoms with Gasteiger partial charge in [0.15, 0.2) is 5.82 Å². The van der Waals surface area contributed by atoms with E-state index in [1.54, 1.807) is 19.1 Å². The van der Waals surface area contributed by atoms with Gasteiger partial charge < -0.3 is 10.4 Å². The van der Waals surface area contributed by atoms with Gasteiger partial charge in [-0.3, -0.25) is 0 Å². The van der Waals surface area contributed by atoms with Gasteiger partial charge in [0.05, 0.1) is 12.2 Å². The Labute approximate surface area is 103 Å². The lowest BCUT2D eigenvalue weighted by molar-refractivity contribution is -0.0373. The molecule has 18 heavy (non-hydrogen) atoms. The van der Waals surface area contributed by atoms with Gasteiger partial charge in [-0.15, -0.1) is 5.10 Å². The highest BCUT2D eigenvalue weighted by Crippen LogP contribution is 2.23. The third-order valence-corrected chi connectivity index (χ3v) is 2.62. The van der Waals surface area contributed by atoms with Crippen LogP contribution in [0.25, 0.3) is 10.8 Å². The Kier molecular flexibility index (Phi) is 3.38. The van der Waals surface area contributed by atoms with E-state index in [4.69, 9.17) is 5.11 Å². The van der Waals surface area contributed by atoms with Crippen molar-refractivity contribution in [1.29, 1.82) is 0 Å². The van der Waals surface area contributed by atoms with Crippen LogP contribution in [0.3, 0.4) is 0 Å². The minimum Gasteiger partial charge on any atom is -0.390 e. The van der Waals surface area contributed by atoms with Crippen LogP contribution in [0.15, 0.2) is 24.3 Å². The Morgan fingerprint density at radius 1 is 1.22 bits per heavy atom. The highest BCUT2D eigenvalue weighted by Gasteiger charge is 2.27. The Hall–Kier alpha value is -1.82. The molecule has 0 bridgehead atoms. The van der Waals surface area contributed by atoms with E-state index in [1.165, 1.54) is 0 Å². The smallest absolute Gasteiger partial charge is 0.287 e. The van der Waals surface area contributed by atoms with Crippen molar-refractivity contribution in [1.82, 2.24) is 10.2 Å². The third kappa shape index (κ3) is 2.53. The molecule has 0 amide bonds. The summed E-state index contributed by atoms with van der Waals surface area (Å²) in [7, 11) is 0. The molecule has 4 nitrogen and oxygen atoms in total. The van der Waals surface area contributed by atoms with E-state index in [2.05, 4.69) is 15.5 Å².